The highest BCUT2D eigenvalue weighted by atomic mass is 35.5. The van der Waals surface area contributed by atoms with Gasteiger partial charge < -0.3 is 19.3 Å². The SMILES string of the molecule is C=C(C)[C@H]1C[C@H](c2ccc(Cl)cc2)[C@H](CC)O[C@@H]1c1cc(OC)ccc1OCC(=O)O. The van der Waals surface area contributed by atoms with Gasteiger partial charge in [-0.1, -0.05) is 42.8 Å². The molecule has 0 spiro atoms. The predicted molar refractivity (Wildman–Crippen MR) is 121 cm³/mol. The van der Waals surface area contributed by atoms with Gasteiger partial charge in [-0.25, -0.2) is 4.79 Å². The molecule has 1 aliphatic heterocycles. The van der Waals surface area contributed by atoms with Crippen LogP contribution in [0.5, 0.6) is 11.5 Å². The Labute approximate surface area is 188 Å². The number of carboxylic acids is 1. The van der Waals surface area contributed by atoms with Crippen LogP contribution in [0, 0.1) is 5.92 Å². The summed E-state index contributed by atoms with van der Waals surface area (Å²) in [5, 5.41) is 9.78. The van der Waals surface area contributed by atoms with Crippen LogP contribution in [-0.2, 0) is 9.53 Å². The molecule has 0 aromatic heterocycles. The van der Waals surface area contributed by atoms with E-state index in [4.69, 9.17) is 30.9 Å². The highest BCUT2D eigenvalue weighted by Crippen LogP contribution is 2.49. The van der Waals surface area contributed by atoms with Crippen molar-refractivity contribution in [1.29, 1.82) is 0 Å². The third kappa shape index (κ3) is 5.41. The van der Waals surface area contributed by atoms with Gasteiger partial charge in [0.1, 0.15) is 11.5 Å². The minimum atomic E-state index is -1.03. The maximum absolute atomic E-state index is 11.1. The Morgan fingerprint density at radius 1 is 1.26 bits per heavy atom. The summed E-state index contributed by atoms with van der Waals surface area (Å²) >= 11 is 6.09. The van der Waals surface area contributed by atoms with Gasteiger partial charge in [-0.3, -0.25) is 0 Å². The topological polar surface area (TPSA) is 65.0 Å². The van der Waals surface area contributed by atoms with Gasteiger partial charge in [0, 0.05) is 22.4 Å². The molecule has 5 nitrogen and oxygen atoms in total. The van der Waals surface area contributed by atoms with Gasteiger partial charge >= 0.3 is 5.97 Å². The van der Waals surface area contributed by atoms with Crippen LogP contribution in [0.25, 0.3) is 0 Å². The summed E-state index contributed by atoms with van der Waals surface area (Å²) in [5.74, 6) is 0.350. The van der Waals surface area contributed by atoms with Crippen molar-refractivity contribution in [3.05, 3.63) is 70.8 Å². The smallest absolute Gasteiger partial charge is 0.341 e. The van der Waals surface area contributed by atoms with Gasteiger partial charge in [0.2, 0.25) is 0 Å². The average molecular weight is 445 g/mol. The van der Waals surface area contributed by atoms with E-state index in [2.05, 4.69) is 25.6 Å². The number of hydrogen-bond acceptors (Lipinski definition) is 4. The van der Waals surface area contributed by atoms with Gasteiger partial charge in [-0.15, -0.1) is 0 Å². The number of hydrogen-bond donors (Lipinski definition) is 1. The van der Waals surface area contributed by atoms with Gasteiger partial charge in [0.15, 0.2) is 6.61 Å². The third-order valence-corrected chi connectivity index (χ3v) is 6.10. The van der Waals surface area contributed by atoms with E-state index < -0.39 is 12.6 Å². The number of carboxylic acid groups (broad SMARTS) is 1. The van der Waals surface area contributed by atoms with Crippen LogP contribution in [0.2, 0.25) is 5.02 Å². The highest BCUT2D eigenvalue weighted by Gasteiger charge is 2.40. The predicted octanol–water partition coefficient (Wildman–Crippen LogP) is 6.03. The Hall–Kier alpha value is -2.50. The van der Waals surface area contributed by atoms with Gasteiger partial charge in [-0.2, -0.15) is 0 Å². The van der Waals surface area contributed by atoms with Crippen molar-refractivity contribution in [3.8, 4) is 11.5 Å². The molecule has 1 saturated heterocycles. The lowest BCUT2D eigenvalue weighted by Crippen LogP contribution is -2.36. The molecule has 1 fully saturated rings. The first-order valence-electron chi connectivity index (χ1n) is 10.4. The second-order valence-corrected chi connectivity index (χ2v) is 8.37. The van der Waals surface area contributed by atoms with E-state index in [1.807, 2.05) is 25.1 Å². The van der Waals surface area contributed by atoms with Crippen LogP contribution in [0.15, 0.2) is 54.6 Å². The summed E-state index contributed by atoms with van der Waals surface area (Å²) in [6, 6.07) is 13.3. The molecule has 2 aromatic carbocycles. The molecule has 0 aliphatic carbocycles. The molecular weight excluding hydrogens is 416 g/mol. The summed E-state index contributed by atoms with van der Waals surface area (Å²) in [5.41, 5.74) is 2.97. The van der Waals surface area contributed by atoms with Crippen molar-refractivity contribution < 1.29 is 24.1 Å². The number of ether oxygens (including phenoxy) is 3. The highest BCUT2D eigenvalue weighted by molar-refractivity contribution is 6.30. The molecule has 0 radical (unpaired) electrons. The zero-order valence-electron chi connectivity index (χ0n) is 18.1. The Balaban J connectivity index is 1.99. The van der Waals surface area contributed by atoms with Crippen molar-refractivity contribution in [1.82, 2.24) is 0 Å². The molecule has 31 heavy (non-hydrogen) atoms. The van der Waals surface area contributed by atoms with E-state index in [9.17, 15) is 4.79 Å². The van der Waals surface area contributed by atoms with E-state index in [0.717, 1.165) is 24.0 Å². The Morgan fingerprint density at radius 3 is 2.55 bits per heavy atom. The van der Waals surface area contributed by atoms with Crippen LogP contribution in [0.3, 0.4) is 0 Å². The number of benzene rings is 2. The molecule has 0 bridgehead atoms. The van der Waals surface area contributed by atoms with Crippen LogP contribution in [0.1, 0.15) is 49.8 Å². The van der Waals surface area contributed by atoms with Crippen molar-refractivity contribution >= 4 is 17.6 Å². The normalized spacial score (nSPS) is 23.2. The van der Waals surface area contributed by atoms with Crippen molar-refractivity contribution in [2.24, 2.45) is 5.92 Å². The van der Waals surface area contributed by atoms with Gasteiger partial charge in [0.25, 0.3) is 0 Å². The number of aliphatic carboxylic acids is 1. The zero-order valence-corrected chi connectivity index (χ0v) is 18.9. The summed E-state index contributed by atoms with van der Waals surface area (Å²) < 4.78 is 17.7. The standard InChI is InChI=1S/C25H29ClO5/c1-5-22-20(16-6-8-17(26)9-7-16)13-19(15(2)3)25(31-22)21-12-18(29-4)10-11-23(21)30-14-24(27)28/h6-12,19-20,22,25H,2,5,13-14H2,1,3-4H3,(H,27,28)/t19-,20-,22+,25+/m1/s1. The minimum Gasteiger partial charge on any atom is -0.497 e. The molecule has 1 heterocycles. The molecule has 6 heteroatoms. The zero-order chi connectivity index (χ0) is 22.5. The first-order chi connectivity index (χ1) is 14.8. The number of rotatable bonds is 8. The molecule has 0 amide bonds. The summed E-state index contributed by atoms with van der Waals surface area (Å²) in [7, 11) is 1.60. The van der Waals surface area contributed by atoms with Crippen LogP contribution < -0.4 is 9.47 Å². The van der Waals surface area contributed by atoms with Crippen molar-refractivity contribution in [2.75, 3.05) is 13.7 Å². The lowest BCUT2D eigenvalue weighted by Gasteiger charge is -2.43. The van der Waals surface area contributed by atoms with Gasteiger partial charge in [-0.05, 0) is 55.7 Å². The lowest BCUT2D eigenvalue weighted by molar-refractivity contribution is -0.139. The molecule has 0 unspecified atom stereocenters. The first-order valence-corrected chi connectivity index (χ1v) is 10.8. The van der Waals surface area contributed by atoms with Crippen molar-refractivity contribution in [3.63, 3.8) is 0 Å². The molecule has 0 saturated carbocycles. The maximum Gasteiger partial charge on any atom is 0.341 e. The largest absolute Gasteiger partial charge is 0.497 e. The molecule has 2 aromatic rings. The number of carbonyl (C=O) groups is 1. The van der Waals surface area contributed by atoms with E-state index in [0.29, 0.717) is 16.5 Å². The number of methoxy groups -OCH3 is 1. The minimum absolute atomic E-state index is 0.0136. The molecule has 1 N–H and O–H groups in total. The van der Waals surface area contributed by atoms with Gasteiger partial charge in [0.05, 0.1) is 19.3 Å². The van der Waals surface area contributed by atoms with E-state index in [1.54, 1.807) is 19.2 Å². The molecule has 166 valence electrons. The fourth-order valence-corrected chi connectivity index (χ4v) is 4.39. The first kappa shape index (κ1) is 23.2. The monoisotopic (exact) mass is 444 g/mol. The fraction of sp³-hybridized carbons (Fsp3) is 0.400. The van der Waals surface area contributed by atoms with E-state index >= 15 is 0 Å². The van der Waals surface area contributed by atoms with Crippen LogP contribution in [-0.4, -0.2) is 30.9 Å². The number of halogens is 1. The Bertz CT molecular complexity index is 924. The van der Waals surface area contributed by atoms with E-state index in [-0.39, 0.29) is 24.0 Å². The average Bonchev–Trinajstić information content (AvgIpc) is 2.77. The van der Waals surface area contributed by atoms with E-state index in [1.165, 1.54) is 5.56 Å². The summed E-state index contributed by atoms with van der Waals surface area (Å²) in [6.45, 7) is 7.92. The maximum atomic E-state index is 11.1. The molecule has 3 rings (SSSR count). The van der Waals surface area contributed by atoms with Crippen molar-refractivity contribution in [2.45, 2.75) is 44.8 Å². The fourth-order valence-electron chi connectivity index (χ4n) is 4.26. The van der Waals surface area contributed by atoms with Crippen LogP contribution in [0.4, 0.5) is 0 Å². The molecular formula is C25H29ClO5. The summed E-state index contributed by atoms with van der Waals surface area (Å²) in [4.78, 5) is 11.1. The third-order valence-electron chi connectivity index (χ3n) is 5.85. The quantitative estimate of drug-likeness (QED) is 0.503. The molecule has 1 aliphatic rings. The summed E-state index contributed by atoms with van der Waals surface area (Å²) in [6.07, 6.45) is 1.36. The lowest BCUT2D eigenvalue weighted by atomic mass is 9.75. The molecule has 4 atom stereocenters. The van der Waals surface area contributed by atoms with Crippen LogP contribution >= 0.6 is 11.6 Å². The Kier molecular flexibility index (Phi) is 7.63. The Morgan fingerprint density at radius 2 is 1.97 bits per heavy atom. The second-order valence-electron chi connectivity index (χ2n) is 7.94. The second kappa shape index (κ2) is 10.2.